The van der Waals surface area contributed by atoms with Crippen molar-refractivity contribution in [2.24, 2.45) is 0 Å². The van der Waals surface area contributed by atoms with E-state index in [2.05, 4.69) is 0 Å². The molecule has 2 heterocycles. The first-order valence-electron chi connectivity index (χ1n) is 7.30. The van der Waals surface area contributed by atoms with Crippen LogP contribution >= 0.6 is 11.8 Å². The zero-order valence-corrected chi connectivity index (χ0v) is 14.2. The lowest BCUT2D eigenvalue weighted by molar-refractivity contribution is 0.0752. The van der Waals surface area contributed by atoms with Gasteiger partial charge in [0, 0.05) is 29.7 Å². The summed E-state index contributed by atoms with van der Waals surface area (Å²) in [5.74, 6) is 0.922. The summed E-state index contributed by atoms with van der Waals surface area (Å²) in [6.07, 6.45) is 1.20. The minimum absolute atomic E-state index is 0.0535. The van der Waals surface area contributed by atoms with Crippen molar-refractivity contribution < 1.29 is 13.2 Å². The Morgan fingerprint density at radius 2 is 1.78 bits per heavy atom. The number of rotatable bonds is 2. The molecular weight excluding hydrogens is 330 g/mol. The molecule has 0 saturated carbocycles. The molecule has 0 aliphatic carbocycles. The molecule has 2 aliphatic rings. The third-order valence-electron chi connectivity index (χ3n) is 4.45. The van der Waals surface area contributed by atoms with Gasteiger partial charge < -0.3 is 4.90 Å². The van der Waals surface area contributed by atoms with E-state index < -0.39 is 14.7 Å². The van der Waals surface area contributed by atoms with E-state index in [0.29, 0.717) is 11.4 Å². The van der Waals surface area contributed by atoms with E-state index in [4.69, 9.17) is 0 Å². The lowest BCUT2D eigenvalue weighted by atomic mass is 9.97. The quantitative estimate of drug-likeness (QED) is 0.839. The highest BCUT2D eigenvalue weighted by molar-refractivity contribution is 8.00. The maximum atomic E-state index is 12.7. The summed E-state index contributed by atoms with van der Waals surface area (Å²) >= 11 is 1.73. The molecule has 0 spiro atoms. The van der Waals surface area contributed by atoms with Crippen molar-refractivity contribution in [2.75, 3.05) is 18.6 Å². The number of sulfone groups is 1. The number of carbonyl (C=O) groups excluding carboxylic acids is 1. The maximum absolute atomic E-state index is 12.7. The molecule has 0 bridgehead atoms. The first-order chi connectivity index (χ1) is 10.9. The van der Waals surface area contributed by atoms with E-state index in [1.54, 1.807) is 23.9 Å². The lowest BCUT2D eigenvalue weighted by Gasteiger charge is -2.32. The van der Waals surface area contributed by atoms with Gasteiger partial charge in [-0.2, -0.15) is 0 Å². The van der Waals surface area contributed by atoms with E-state index in [1.807, 2.05) is 41.3 Å². The van der Waals surface area contributed by atoms with Crippen LogP contribution in [0.3, 0.4) is 0 Å². The predicted octanol–water partition coefficient (Wildman–Crippen LogP) is 2.49. The van der Waals surface area contributed by atoms with Crippen LogP contribution in [0.4, 0.5) is 0 Å². The molecule has 1 saturated heterocycles. The van der Waals surface area contributed by atoms with E-state index in [1.165, 1.54) is 6.26 Å². The number of hydrogen-bond acceptors (Lipinski definition) is 4. The van der Waals surface area contributed by atoms with Gasteiger partial charge in [0.2, 0.25) is 0 Å². The van der Waals surface area contributed by atoms with Gasteiger partial charge in [-0.3, -0.25) is 4.79 Å². The van der Waals surface area contributed by atoms with Crippen LogP contribution in [0.1, 0.15) is 21.5 Å². The second-order valence-electron chi connectivity index (χ2n) is 5.79. The Kier molecular flexibility index (Phi) is 3.12. The molecule has 23 heavy (non-hydrogen) atoms. The van der Waals surface area contributed by atoms with Crippen molar-refractivity contribution in [3.8, 4) is 0 Å². The van der Waals surface area contributed by atoms with Crippen molar-refractivity contribution >= 4 is 27.5 Å². The molecule has 0 radical (unpaired) electrons. The largest absolute Gasteiger partial charge is 0.315 e. The number of nitrogens with zero attached hydrogens (tertiary/aromatic N) is 1. The van der Waals surface area contributed by atoms with Gasteiger partial charge in [0.1, 0.15) is 4.87 Å². The van der Waals surface area contributed by atoms with E-state index in [0.717, 1.165) is 22.4 Å². The molecule has 1 amide bonds. The Hall–Kier alpha value is -1.79. The number of carbonyl (C=O) groups is 1. The minimum Gasteiger partial charge on any atom is -0.315 e. The SMILES string of the molecule is CS(=O)(=O)c1ccc(C23SCCN2C(=O)c2ccccc23)cc1. The second-order valence-corrected chi connectivity index (χ2v) is 9.09. The molecule has 2 aliphatic heterocycles. The van der Waals surface area contributed by atoms with Crippen LogP contribution in [0.5, 0.6) is 0 Å². The molecule has 2 aromatic rings. The molecule has 1 atom stereocenters. The molecule has 1 unspecified atom stereocenters. The fraction of sp³-hybridized carbons (Fsp3) is 0.235. The van der Waals surface area contributed by atoms with Crippen LogP contribution in [-0.4, -0.2) is 37.8 Å². The van der Waals surface area contributed by atoms with Crippen LogP contribution in [0.15, 0.2) is 53.4 Å². The number of fused-ring (bicyclic) bond motifs is 3. The third-order valence-corrected chi connectivity index (χ3v) is 7.06. The number of thioether (sulfide) groups is 1. The highest BCUT2D eigenvalue weighted by Gasteiger charge is 2.54. The van der Waals surface area contributed by atoms with Gasteiger partial charge in [0.25, 0.3) is 5.91 Å². The number of hydrogen-bond donors (Lipinski definition) is 0. The summed E-state index contributed by atoms with van der Waals surface area (Å²) in [6.45, 7) is 0.700. The zero-order chi connectivity index (χ0) is 16.2. The van der Waals surface area contributed by atoms with Crippen LogP contribution in [0.25, 0.3) is 0 Å². The van der Waals surface area contributed by atoms with E-state index in [9.17, 15) is 13.2 Å². The van der Waals surface area contributed by atoms with Gasteiger partial charge >= 0.3 is 0 Å². The Labute approximate surface area is 139 Å². The lowest BCUT2D eigenvalue weighted by Crippen LogP contribution is -2.37. The van der Waals surface area contributed by atoms with Crippen molar-refractivity contribution in [1.82, 2.24) is 4.90 Å². The van der Waals surface area contributed by atoms with Crippen LogP contribution in [-0.2, 0) is 14.7 Å². The van der Waals surface area contributed by atoms with Gasteiger partial charge in [-0.1, -0.05) is 30.3 Å². The molecule has 1 fully saturated rings. The van der Waals surface area contributed by atoms with Crippen LogP contribution < -0.4 is 0 Å². The molecule has 4 nitrogen and oxygen atoms in total. The zero-order valence-electron chi connectivity index (χ0n) is 12.5. The fourth-order valence-electron chi connectivity index (χ4n) is 3.42. The molecule has 4 rings (SSSR count). The minimum atomic E-state index is -3.23. The van der Waals surface area contributed by atoms with Gasteiger partial charge in [-0.05, 0) is 23.8 Å². The first kappa shape index (κ1) is 14.8. The van der Waals surface area contributed by atoms with E-state index in [-0.39, 0.29) is 5.91 Å². The summed E-state index contributed by atoms with van der Waals surface area (Å²) in [5.41, 5.74) is 2.69. The van der Waals surface area contributed by atoms with Gasteiger partial charge in [0.05, 0.1) is 4.90 Å². The van der Waals surface area contributed by atoms with Crippen LogP contribution in [0, 0.1) is 0 Å². The number of benzene rings is 2. The first-order valence-corrected chi connectivity index (χ1v) is 10.2. The Balaban J connectivity index is 1.91. The van der Waals surface area contributed by atoms with E-state index >= 15 is 0 Å². The molecule has 0 aromatic heterocycles. The van der Waals surface area contributed by atoms with Gasteiger partial charge in [0.15, 0.2) is 9.84 Å². The fourth-order valence-corrected chi connectivity index (χ4v) is 5.59. The standard InChI is InChI=1S/C17H15NO3S2/c1-23(20,21)13-8-6-12(7-9-13)17-15-5-3-2-4-14(15)16(19)18(17)10-11-22-17/h2-9H,10-11H2,1H3. The maximum Gasteiger partial charge on any atom is 0.255 e. The highest BCUT2D eigenvalue weighted by Crippen LogP contribution is 2.55. The summed E-state index contributed by atoms with van der Waals surface area (Å²) in [4.78, 5) is 14.4. The van der Waals surface area contributed by atoms with Crippen molar-refractivity contribution in [3.63, 3.8) is 0 Å². The Morgan fingerprint density at radius 3 is 2.48 bits per heavy atom. The normalized spacial score (nSPS) is 23.0. The molecule has 0 N–H and O–H groups in total. The Morgan fingerprint density at radius 1 is 1.09 bits per heavy atom. The Bertz CT molecular complexity index is 906. The molecular formula is C17H15NO3S2. The smallest absolute Gasteiger partial charge is 0.255 e. The predicted molar refractivity (Wildman–Crippen MR) is 90.3 cm³/mol. The summed E-state index contributed by atoms with van der Waals surface area (Å²) in [6, 6.07) is 14.6. The molecule has 2 aromatic carbocycles. The van der Waals surface area contributed by atoms with Crippen molar-refractivity contribution in [1.29, 1.82) is 0 Å². The van der Waals surface area contributed by atoms with Gasteiger partial charge in [-0.25, -0.2) is 8.42 Å². The average Bonchev–Trinajstić information content (AvgIpc) is 3.07. The summed E-state index contributed by atoms with van der Waals surface area (Å²) in [7, 11) is -3.23. The average molecular weight is 345 g/mol. The monoisotopic (exact) mass is 345 g/mol. The number of amides is 1. The third kappa shape index (κ3) is 1.98. The summed E-state index contributed by atoms with van der Waals surface area (Å²) < 4.78 is 23.3. The topological polar surface area (TPSA) is 54.5 Å². The molecule has 6 heteroatoms. The second kappa shape index (κ2) is 4.85. The van der Waals surface area contributed by atoms with Gasteiger partial charge in [-0.15, -0.1) is 11.8 Å². The summed E-state index contributed by atoms with van der Waals surface area (Å²) in [5, 5.41) is 0. The van der Waals surface area contributed by atoms with Crippen molar-refractivity contribution in [3.05, 3.63) is 65.2 Å². The van der Waals surface area contributed by atoms with Crippen molar-refractivity contribution in [2.45, 2.75) is 9.77 Å². The molecule has 118 valence electrons. The highest BCUT2D eigenvalue weighted by atomic mass is 32.2. The van der Waals surface area contributed by atoms with Crippen LogP contribution in [0.2, 0.25) is 0 Å².